The van der Waals surface area contributed by atoms with E-state index < -0.39 is 59.2 Å². The zero-order valence-electron chi connectivity index (χ0n) is 31.3. The van der Waals surface area contributed by atoms with Crippen LogP contribution in [-0.4, -0.2) is 58.1 Å². The lowest BCUT2D eigenvalue weighted by Gasteiger charge is -2.39. The molecule has 9 nitrogen and oxygen atoms in total. The average molecular weight is 686 g/mol. The highest BCUT2D eigenvalue weighted by Crippen LogP contribution is 2.32. The quantitative estimate of drug-likeness (QED) is 0.184. The van der Waals surface area contributed by atoms with Crippen LogP contribution < -0.4 is 10.6 Å². The predicted octanol–water partition coefficient (Wildman–Crippen LogP) is 7.18. The van der Waals surface area contributed by atoms with Gasteiger partial charge < -0.3 is 25.0 Å². The van der Waals surface area contributed by atoms with Crippen LogP contribution in [0.1, 0.15) is 95.7 Å². The molecule has 3 amide bonds. The van der Waals surface area contributed by atoms with Crippen LogP contribution >= 0.6 is 0 Å². The number of aryl methyl sites for hydroxylation is 2. The first-order valence-corrected chi connectivity index (χ1v) is 17.4. The van der Waals surface area contributed by atoms with Crippen LogP contribution in [0.5, 0.6) is 0 Å². The molecule has 0 saturated carbocycles. The minimum atomic E-state index is -1.14. The molecule has 3 rings (SSSR count). The fraction of sp³-hybridized carbons (Fsp3) is 0.463. The van der Waals surface area contributed by atoms with Crippen molar-refractivity contribution >= 4 is 23.9 Å². The molecule has 50 heavy (non-hydrogen) atoms. The minimum absolute atomic E-state index is 0.168. The van der Waals surface area contributed by atoms with E-state index in [1.54, 1.807) is 46.4 Å². The van der Waals surface area contributed by atoms with Crippen molar-refractivity contribution in [3.05, 3.63) is 107 Å². The van der Waals surface area contributed by atoms with Gasteiger partial charge in [-0.2, -0.15) is 0 Å². The van der Waals surface area contributed by atoms with E-state index in [-0.39, 0.29) is 12.8 Å². The zero-order valence-corrected chi connectivity index (χ0v) is 31.3. The second kappa shape index (κ2) is 17.3. The van der Waals surface area contributed by atoms with Crippen LogP contribution in [0.3, 0.4) is 0 Å². The maximum Gasteiger partial charge on any atom is 0.408 e. The lowest BCUT2D eigenvalue weighted by molar-refractivity contribution is -0.159. The Labute approximate surface area is 298 Å². The van der Waals surface area contributed by atoms with Crippen LogP contribution in [0.4, 0.5) is 4.79 Å². The first-order chi connectivity index (χ1) is 23.4. The Balaban J connectivity index is 2.17. The molecule has 0 heterocycles. The van der Waals surface area contributed by atoms with Gasteiger partial charge >= 0.3 is 12.1 Å². The molecule has 0 aliphatic carbocycles. The zero-order chi connectivity index (χ0) is 37.2. The lowest BCUT2D eigenvalue weighted by atomic mass is 9.91. The molecule has 0 saturated heterocycles. The van der Waals surface area contributed by atoms with Gasteiger partial charge in [0.1, 0.15) is 29.3 Å². The van der Waals surface area contributed by atoms with E-state index in [0.717, 1.165) is 22.3 Å². The van der Waals surface area contributed by atoms with Crippen molar-refractivity contribution in [2.45, 2.75) is 124 Å². The summed E-state index contributed by atoms with van der Waals surface area (Å²) in [7, 11) is 0. The first-order valence-electron chi connectivity index (χ1n) is 17.4. The standard InChI is InChI=1S/C41H55N3O6/c1-11-29(4)44(37(46)32(25-30-21-14-12-15-22-30)43-39(48)50-41(8,9)10)35(34-27(2)19-18-20-28(34)3)36(45)42-33(38(47)49-40(5,6)7)26-31-23-16-13-17-24-31/h12-24,29,32-33,35H,11,25-26H2,1-10H3,(H,42,45)(H,43,48). The first kappa shape index (κ1) is 39.8. The molecule has 0 radical (unpaired) electrons. The summed E-state index contributed by atoms with van der Waals surface area (Å²) in [5, 5.41) is 5.81. The molecule has 0 spiro atoms. The molecule has 3 aromatic carbocycles. The molecule has 0 fully saturated rings. The van der Waals surface area contributed by atoms with Crippen LogP contribution in [-0.2, 0) is 36.7 Å². The van der Waals surface area contributed by atoms with E-state index in [1.165, 1.54) is 0 Å². The molecule has 0 aromatic heterocycles. The highest BCUT2D eigenvalue weighted by molar-refractivity contribution is 5.94. The highest BCUT2D eigenvalue weighted by atomic mass is 16.6. The Morgan fingerprint density at radius 3 is 1.62 bits per heavy atom. The number of benzene rings is 3. The van der Waals surface area contributed by atoms with Crippen molar-refractivity contribution in [3.8, 4) is 0 Å². The fourth-order valence-corrected chi connectivity index (χ4v) is 5.80. The van der Waals surface area contributed by atoms with Gasteiger partial charge in [0.25, 0.3) is 0 Å². The van der Waals surface area contributed by atoms with Gasteiger partial charge in [0.2, 0.25) is 11.8 Å². The fourth-order valence-electron chi connectivity index (χ4n) is 5.80. The van der Waals surface area contributed by atoms with Gasteiger partial charge in [-0.15, -0.1) is 0 Å². The van der Waals surface area contributed by atoms with Crippen molar-refractivity contribution in [1.82, 2.24) is 15.5 Å². The number of ether oxygens (including phenoxy) is 2. The molecule has 270 valence electrons. The van der Waals surface area contributed by atoms with E-state index in [2.05, 4.69) is 10.6 Å². The Morgan fingerprint density at radius 1 is 0.680 bits per heavy atom. The number of hydrogen-bond acceptors (Lipinski definition) is 6. The van der Waals surface area contributed by atoms with E-state index in [4.69, 9.17) is 9.47 Å². The molecule has 3 aromatic rings. The largest absolute Gasteiger partial charge is 0.458 e. The van der Waals surface area contributed by atoms with Crippen LogP contribution in [0.2, 0.25) is 0 Å². The molecule has 0 aliphatic heterocycles. The normalized spacial score (nSPS) is 14.0. The summed E-state index contributed by atoms with van der Waals surface area (Å²) in [5.74, 6) is -1.56. The predicted molar refractivity (Wildman–Crippen MR) is 196 cm³/mol. The molecule has 9 heteroatoms. The van der Waals surface area contributed by atoms with Gasteiger partial charge in [0.05, 0.1) is 0 Å². The number of carbonyl (C=O) groups is 4. The number of nitrogens with one attached hydrogen (secondary N) is 2. The Bertz CT molecular complexity index is 1570. The van der Waals surface area contributed by atoms with E-state index in [1.807, 2.05) is 107 Å². The van der Waals surface area contributed by atoms with Gasteiger partial charge in [-0.05, 0) is 96.6 Å². The third-order valence-electron chi connectivity index (χ3n) is 8.22. The summed E-state index contributed by atoms with van der Waals surface area (Å²) in [4.78, 5) is 58.2. The topological polar surface area (TPSA) is 114 Å². The molecule has 0 aliphatic rings. The number of esters is 1. The van der Waals surface area contributed by atoms with E-state index in [9.17, 15) is 19.2 Å². The number of alkyl carbamates (subject to hydrolysis) is 1. The maximum absolute atomic E-state index is 15.0. The van der Waals surface area contributed by atoms with Gasteiger partial charge in [-0.25, -0.2) is 9.59 Å². The molecular formula is C41H55N3O6. The van der Waals surface area contributed by atoms with E-state index >= 15 is 0 Å². The van der Waals surface area contributed by atoms with Crippen LogP contribution in [0.25, 0.3) is 0 Å². The van der Waals surface area contributed by atoms with E-state index in [0.29, 0.717) is 12.0 Å². The number of amides is 3. The number of rotatable bonds is 13. The summed E-state index contributed by atoms with van der Waals surface area (Å²) in [5.41, 5.74) is 2.34. The van der Waals surface area contributed by atoms with Crippen molar-refractivity contribution < 1.29 is 28.7 Å². The van der Waals surface area contributed by atoms with Crippen molar-refractivity contribution in [3.63, 3.8) is 0 Å². The molecule has 4 atom stereocenters. The molecule has 4 unspecified atom stereocenters. The number of carbonyl (C=O) groups excluding carboxylic acids is 4. The summed E-state index contributed by atoms with van der Waals surface area (Å²) in [6, 6.07) is 20.8. The van der Waals surface area contributed by atoms with Gasteiger partial charge in [0.15, 0.2) is 0 Å². The lowest BCUT2D eigenvalue weighted by Crippen LogP contribution is -2.57. The summed E-state index contributed by atoms with van der Waals surface area (Å²) < 4.78 is 11.4. The average Bonchev–Trinajstić information content (AvgIpc) is 3.02. The van der Waals surface area contributed by atoms with Crippen LogP contribution in [0, 0.1) is 13.8 Å². The monoisotopic (exact) mass is 685 g/mol. The van der Waals surface area contributed by atoms with Crippen molar-refractivity contribution in [2.75, 3.05) is 0 Å². The summed E-state index contributed by atoms with van der Waals surface area (Å²) >= 11 is 0. The second-order valence-corrected chi connectivity index (χ2v) is 14.9. The Kier molecular flexibility index (Phi) is 13.8. The van der Waals surface area contributed by atoms with Gasteiger partial charge in [0, 0.05) is 18.9 Å². The van der Waals surface area contributed by atoms with Gasteiger partial charge in [-0.3, -0.25) is 9.59 Å². The Hall–Kier alpha value is -4.66. The maximum atomic E-state index is 15.0. The Morgan fingerprint density at radius 2 is 1.16 bits per heavy atom. The minimum Gasteiger partial charge on any atom is -0.458 e. The summed E-state index contributed by atoms with van der Waals surface area (Å²) in [6.45, 7) is 18.2. The summed E-state index contributed by atoms with van der Waals surface area (Å²) in [6.07, 6.45) is 0.137. The molecular weight excluding hydrogens is 630 g/mol. The number of hydrogen-bond donors (Lipinski definition) is 2. The third-order valence-corrected chi connectivity index (χ3v) is 8.22. The molecule has 0 bridgehead atoms. The third kappa shape index (κ3) is 11.7. The smallest absolute Gasteiger partial charge is 0.408 e. The SMILES string of the molecule is CCC(C)N(C(=O)C(Cc1ccccc1)NC(=O)OC(C)(C)C)C(C(=O)NC(Cc1ccccc1)C(=O)OC(C)(C)C)c1c(C)cccc1C. The molecule has 2 N–H and O–H groups in total. The van der Waals surface area contributed by atoms with Crippen molar-refractivity contribution in [1.29, 1.82) is 0 Å². The van der Waals surface area contributed by atoms with Gasteiger partial charge in [-0.1, -0.05) is 85.8 Å². The number of nitrogens with zero attached hydrogens (tertiary/aromatic N) is 1. The highest BCUT2D eigenvalue weighted by Gasteiger charge is 2.41. The van der Waals surface area contributed by atoms with Crippen molar-refractivity contribution in [2.24, 2.45) is 0 Å². The second-order valence-electron chi connectivity index (χ2n) is 14.9. The van der Waals surface area contributed by atoms with Crippen LogP contribution in [0.15, 0.2) is 78.9 Å².